The smallest absolute Gasteiger partial charge is 0.248 e. The van der Waals surface area contributed by atoms with E-state index in [2.05, 4.69) is 23.7 Å². The van der Waals surface area contributed by atoms with Crippen molar-refractivity contribution in [3.8, 4) is 0 Å². The van der Waals surface area contributed by atoms with Crippen LogP contribution in [0.3, 0.4) is 0 Å². The maximum absolute atomic E-state index is 11.2. The molecule has 1 unspecified atom stereocenters. The van der Waals surface area contributed by atoms with Gasteiger partial charge < -0.3 is 4.98 Å². The highest BCUT2D eigenvalue weighted by molar-refractivity contribution is 5.23. The summed E-state index contributed by atoms with van der Waals surface area (Å²) in [5.41, 5.74) is 2.30. The van der Waals surface area contributed by atoms with E-state index in [4.69, 9.17) is 0 Å². The monoisotopic (exact) mass is 220 g/mol. The highest BCUT2D eigenvalue weighted by atomic mass is 16.1. The minimum atomic E-state index is -0.00431. The number of H-pyrrole nitrogens is 1. The summed E-state index contributed by atoms with van der Waals surface area (Å²) in [7, 11) is 0. The third kappa shape index (κ3) is 2.05. The van der Waals surface area contributed by atoms with Crippen molar-refractivity contribution in [1.29, 1.82) is 0 Å². The van der Waals surface area contributed by atoms with Crippen LogP contribution < -0.4 is 5.56 Å². The molecule has 1 aromatic rings. The fourth-order valence-electron chi connectivity index (χ4n) is 2.69. The van der Waals surface area contributed by atoms with Crippen LogP contribution in [0.2, 0.25) is 0 Å². The number of aryl methyl sites for hydroxylation is 1. The Hall–Kier alpha value is -1.09. The first-order chi connectivity index (χ1) is 7.59. The van der Waals surface area contributed by atoms with Crippen molar-refractivity contribution in [2.75, 3.05) is 6.54 Å². The molecule has 2 heterocycles. The van der Waals surface area contributed by atoms with E-state index in [1.807, 2.05) is 13.0 Å². The zero-order valence-electron chi connectivity index (χ0n) is 10.3. The SMILES string of the molecule is Cc1[nH]c(=O)ccc1C1CCCN1C(C)C. The van der Waals surface area contributed by atoms with Crippen molar-refractivity contribution in [2.24, 2.45) is 0 Å². The summed E-state index contributed by atoms with van der Waals surface area (Å²) in [5.74, 6) is 0. The van der Waals surface area contributed by atoms with Gasteiger partial charge in [-0.1, -0.05) is 6.07 Å². The van der Waals surface area contributed by atoms with Crippen LogP contribution >= 0.6 is 0 Å². The second-order valence-corrected chi connectivity index (χ2v) is 4.89. The summed E-state index contributed by atoms with van der Waals surface area (Å²) in [6, 6.07) is 4.68. The molecule has 1 aliphatic heterocycles. The van der Waals surface area contributed by atoms with Gasteiger partial charge in [-0.3, -0.25) is 9.69 Å². The second kappa shape index (κ2) is 4.42. The van der Waals surface area contributed by atoms with E-state index < -0.39 is 0 Å². The third-order valence-electron chi connectivity index (χ3n) is 3.47. The lowest BCUT2D eigenvalue weighted by Gasteiger charge is -2.29. The minimum absolute atomic E-state index is 0.00431. The van der Waals surface area contributed by atoms with Crippen molar-refractivity contribution < 1.29 is 0 Å². The lowest BCUT2D eigenvalue weighted by molar-refractivity contribution is 0.204. The number of rotatable bonds is 2. The van der Waals surface area contributed by atoms with Crippen molar-refractivity contribution in [1.82, 2.24) is 9.88 Å². The standard InChI is InChI=1S/C13H20N2O/c1-9(2)15-8-4-5-12(15)11-6-7-13(16)14-10(11)3/h6-7,9,12H,4-5,8H2,1-3H3,(H,14,16). The summed E-state index contributed by atoms with van der Waals surface area (Å²) in [5, 5.41) is 0. The summed E-state index contributed by atoms with van der Waals surface area (Å²) in [4.78, 5) is 16.6. The largest absolute Gasteiger partial charge is 0.326 e. The number of likely N-dealkylation sites (tertiary alicyclic amines) is 1. The average molecular weight is 220 g/mol. The molecule has 1 fully saturated rings. The number of aromatic amines is 1. The first-order valence-electron chi connectivity index (χ1n) is 6.05. The molecule has 1 aromatic heterocycles. The maximum atomic E-state index is 11.2. The molecule has 3 nitrogen and oxygen atoms in total. The van der Waals surface area contributed by atoms with Gasteiger partial charge >= 0.3 is 0 Å². The van der Waals surface area contributed by atoms with E-state index >= 15 is 0 Å². The van der Waals surface area contributed by atoms with Gasteiger partial charge in [0.1, 0.15) is 0 Å². The molecular formula is C13H20N2O. The van der Waals surface area contributed by atoms with E-state index in [-0.39, 0.29) is 5.56 Å². The van der Waals surface area contributed by atoms with Gasteiger partial charge in [-0.15, -0.1) is 0 Å². The molecule has 1 saturated heterocycles. The Morgan fingerprint density at radius 2 is 2.19 bits per heavy atom. The van der Waals surface area contributed by atoms with Crippen molar-refractivity contribution in [2.45, 2.75) is 45.7 Å². The molecule has 0 aliphatic carbocycles. The molecule has 0 spiro atoms. The Kier molecular flexibility index (Phi) is 3.15. The third-order valence-corrected chi connectivity index (χ3v) is 3.47. The van der Waals surface area contributed by atoms with Gasteiger partial charge in [0, 0.05) is 23.8 Å². The molecule has 1 N–H and O–H groups in total. The molecular weight excluding hydrogens is 200 g/mol. The molecule has 1 aliphatic rings. The quantitative estimate of drug-likeness (QED) is 0.829. The zero-order valence-corrected chi connectivity index (χ0v) is 10.3. The fourth-order valence-corrected chi connectivity index (χ4v) is 2.69. The first-order valence-corrected chi connectivity index (χ1v) is 6.05. The lowest BCUT2D eigenvalue weighted by atomic mass is 10.0. The van der Waals surface area contributed by atoms with E-state index in [1.165, 1.54) is 24.9 Å². The van der Waals surface area contributed by atoms with Gasteiger partial charge in [-0.2, -0.15) is 0 Å². The molecule has 0 aromatic carbocycles. The van der Waals surface area contributed by atoms with E-state index in [1.54, 1.807) is 6.07 Å². The van der Waals surface area contributed by atoms with E-state index in [0.29, 0.717) is 12.1 Å². The first kappa shape index (κ1) is 11.4. The highest BCUT2D eigenvalue weighted by Crippen LogP contribution is 2.33. The van der Waals surface area contributed by atoms with Crippen molar-refractivity contribution >= 4 is 0 Å². The Morgan fingerprint density at radius 3 is 2.81 bits per heavy atom. The molecule has 0 saturated carbocycles. The average Bonchev–Trinajstić information content (AvgIpc) is 2.66. The highest BCUT2D eigenvalue weighted by Gasteiger charge is 2.28. The van der Waals surface area contributed by atoms with Crippen LogP contribution in [0, 0.1) is 6.92 Å². The summed E-state index contributed by atoms with van der Waals surface area (Å²) in [6.45, 7) is 7.63. The molecule has 16 heavy (non-hydrogen) atoms. The summed E-state index contributed by atoms with van der Waals surface area (Å²) >= 11 is 0. The predicted molar refractivity (Wildman–Crippen MR) is 65.6 cm³/mol. The Labute approximate surface area is 96.5 Å². The van der Waals surface area contributed by atoms with Crippen molar-refractivity contribution in [3.63, 3.8) is 0 Å². The molecule has 1 atom stereocenters. The van der Waals surface area contributed by atoms with Gasteiger partial charge in [0.2, 0.25) is 5.56 Å². The summed E-state index contributed by atoms with van der Waals surface area (Å²) < 4.78 is 0. The van der Waals surface area contributed by atoms with E-state index in [9.17, 15) is 4.79 Å². The zero-order chi connectivity index (χ0) is 11.7. The number of pyridine rings is 1. The molecule has 0 radical (unpaired) electrons. The van der Waals surface area contributed by atoms with Crippen LogP contribution in [0.15, 0.2) is 16.9 Å². The Bertz CT molecular complexity index is 422. The minimum Gasteiger partial charge on any atom is -0.326 e. The van der Waals surface area contributed by atoms with Crippen LogP contribution in [0.1, 0.15) is 44.0 Å². The molecule has 2 rings (SSSR count). The van der Waals surface area contributed by atoms with Gasteiger partial charge in [0.25, 0.3) is 0 Å². The lowest BCUT2D eigenvalue weighted by Crippen LogP contribution is -2.31. The number of nitrogens with one attached hydrogen (secondary N) is 1. The number of nitrogens with zero attached hydrogens (tertiary/aromatic N) is 1. The van der Waals surface area contributed by atoms with Crippen molar-refractivity contribution in [3.05, 3.63) is 33.7 Å². The molecule has 3 heteroatoms. The summed E-state index contributed by atoms with van der Waals surface area (Å²) in [6.07, 6.45) is 2.45. The van der Waals surface area contributed by atoms with Gasteiger partial charge in [-0.05, 0) is 45.7 Å². The number of aromatic nitrogens is 1. The van der Waals surface area contributed by atoms with Crippen LogP contribution in [0.25, 0.3) is 0 Å². The number of hydrogen-bond acceptors (Lipinski definition) is 2. The van der Waals surface area contributed by atoms with Gasteiger partial charge in [-0.25, -0.2) is 0 Å². The second-order valence-electron chi connectivity index (χ2n) is 4.89. The molecule has 0 amide bonds. The molecule has 88 valence electrons. The predicted octanol–water partition coefficient (Wildman–Crippen LogP) is 2.23. The maximum Gasteiger partial charge on any atom is 0.248 e. The van der Waals surface area contributed by atoms with Gasteiger partial charge in [0.15, 0.2) is 0 Å². The van der Waals surface area contributed by atoms with Crippen LogP contribution in [0.4, 0.5) is 0 Å². The topological polar surface area (TPSA) is 36.1 Å². The fraction of sp³-hybridized carbons (Fsp3) is 0.615. The van der Waals surface area contributed by atoms with Crippen LogP contribution in [0.5, 0.6) is 0 Å². The normalized spacial score (nSPS) is 21.9. The molecule has 0 bridgehead atoms. The van der Waals surface area contributed by atoms with Crippen LogP contribution in [-0.4, -0.2) is 22.5 Å². The Balaban J connectivity index is 2.33. The van der Waals surface area contributed by atoms with Crippen LogP contribution in [-0.2, 0) is 0 Å². The number of hydrogen-bond donors (Lipinski definition) is 1. The Morgan fingerprint density at radius 1 is 1.44 bits per heavy atom. The van der Waals surface area contributed by atoms with Gasteiger partial charge in [0.05, 0.1) is 0 Å². The van der Waals surface area contributed by atoms with E-state index in [0.717, 1.165) is 5.69 Å².